The Hall–Kier alpha value is -3.44. The van der Waals surface area contributed by atoms with Crippen LogP contribution in [0.4, 0.5) is 4.39 Å². The Morgan fingerprint density at radius 3 is 2.65 bits per heavy atom. The second kappa shape index (κ2) is 10.2. The van der Waals surface area contributed by atoms with E-state index in [4.69, 9.17) is 20.6 Å². The van der Waals surface area contributed by atoms with Crippen molar-refractivity contribution >= 4 is 11.8 Å². The topological polar surface area (TPSA) is 106 Å². The van der Waals surface area contributed by atoms with Gasteiger partial charge in [0.2, 0.25) is 11.8 Å². The summed E-state index contributed by atoms with van der Waals surface area (Å²) in [7, 11) is 0. The largest absolute Gasteiger partial charge is 0.493 e. The van der Waals surface area contributed by atoms with E-state index < -0.39 is 17.8 Å². The minimum atomic E-state index is -0.495. The molecule has 2 aromatic rings. The average molecular weight is 466 g/mol. The molecule has 2 aliphatic rings. The smallest absolute Gasteiger partial charge is 0.249 e. The van der Waals surface area contributed by atoms with E-state index in [1.807, 2.05) is 25.1 Å². The molecule has 1 atom stereocenters. The van der Waals surface area contributed by atoms with Crippen molar-refractivity contribution in [3.63, 3.8) is 0 Å². The van der Waals surface area contributed by atoms with Gasteiger partial charge < -0.3 is 10.5 Å². The minimum Gasteiger partial charge on any atom is -0.493 e. The fraction of sp³-hybridized carbons (Fsp3) is 0.423. The SMILES string of the molecule is Cc1ccc(OCC2CCC(C(=O)N3OCC[C@H]3c3cc(F)cc(C#N)c3)CC2)cc1C(N)=O. The molecular weight excluding hydrogens is 437 g/mol. The van der Waals surface area contributed by atoms with Crippen LogP contribution >= 0.6 is 0 Å². The molecule has 1 saturated carbocycles. The number of carbonyl (C=O) groups excluding carboxylic acids is 2. The zero-order valence-corrected chi connectivity index (χ0v) is 19.1. The lowest BCUT2D eigenvalue weighted by atomic mass is 9.81. The van der Waals surface area contributed by atoms with E-state index in [9.17, 15) is 14.0 Å². The predicted molar refractivity (Wildman–Crippen MR) is 122 cm³/mol. The molecule has 4 rings (SSSR count). The monoisotopic (exact) mass is 465 g/mol. The lowest BCUT2D eigenvalue weighted by molar-refractivity contribution is -0.183. The molecule has 0 aromatic heterocycles. The second-order valence-corrected chi connectivity index (χ2v) is 9.06. The minimum absolute atomic E-state index is 0.0886. The molecular formula is C26H28FN3O4. The molecule has 2 fully saturated rings. The molecule has 8 heteroatoms. The highest BCUT2D eigenvalue weighted by atomic mass is 19.1. The summed E-state index contributed by atoms with van der Waals surface area (Å²) in [4.78, 5) is 30.4. The first-order valence-corrected chi connectivity index (χ1v) is 11.6. The fourth-order valence-corrected chi connectivity index (χ4v) is 4.78. The van der Waals surface area contributed by atoms with Gasteiger partial charge in [0.25, 0.3) is 0 Å². The van der Waals surface area contributed by atoms with Crippen LogP contribution in [0, 0.1) is 35.9 Å². The van der Waals surface area contributed by atoms with Crippen LogP contribution in [0.1, 0.15) is 65.2 Å². The van der Waals surface area contributed by atoms with E-state index in [1.54, 1.807) is 12.1 Å². The van der Waals surface area contributed by atoms with Crippen LogP contribution in [0.5, 0.6) is 5.75 Å². The van der Waals surface area contributed by atoms with E-state index in [2.05, 4.69) is 0 Å². The van der Waals surface area contributed by atoms with Crippen molar-refractivity contribution in [1.82, 2.24) is 5.06 Å². The number of halogens is 1. The van der Waals surface area contributed by atoms with Gasteiger partial charge >= 0.3 is 0 Å². The fourth-order valence-electron chi connectivity index (χ4n) is 4.78. The number of nitrogens with two attached hydrogens (primary N) is 1. The van der Waals surface area contributed by atoms with Gasteiger partial charge in [-0.15, -0.1) is 0 Å². The summed E-state index contributed by atoms with van der Waals surface area (Å²) in [5, 5.41) is 10.5. The first-order chi connectivity index (χ1) is 16.4. The van der Waals surface area contributed by atoms with Crippen molar-refractivity contribution in [3.8, 4) is 11.8 Å². The van der Waals surface area contributed by atoms with Gasteiger partial charge in [0.1, 0.15) is 11.6 Å². The van der Waals surface area contributed by atoms with E-state index >= 15 is 0 Å². The van der Waals surface area contributed by atoms with Crippen LogP contribution in [0.3, 0.4) is 0 Å². The number of carbonyl (C=O) groups is 2. The van der Waals surface area contributed by atoms with Crippen molar-refractivity contribution < 1.29 is 23.6 Å². The van der Waals surface area contributed by atoms with E-state index in [0.717, 1.165) is 18.4 Å². The molecule has 1 aliphatic heterocycles. The zero-order valence-electron chi connectivity index (χ0n) is 19.1. The zero-order chi connectivity index (χ0) is 24.2. The Bertz CT molecular complexity index is 1120. The Morgan fingerprint density at radius 1 is 1.18 bits per heavy atom. The number of hydroxylamine groups is 2. The van der Waals surface area contributed by atoms with Crippen LogP contribution in [0.2, 0.25) is 0 Å². The quantitative estimate of drug-likeness (QED) is 0.688. The number of rotatable bonds is 6. The van der Waals surface area contributed by atoms with Gasteiger partial charge in [-0.3, -0.25) is 14.4 Å². The summed E-state index contributed by atoms with van der Waals surface area (Å²) in [6.45, 7) is 2.71. The van der Waals surface area contributed by atoms with Gasteiger partial charge in [0, 0.05) is 17.9 Å². The normalized spacial score (nSPS) is 22.3. The third-order valence-electron chi connectivity index (χ3n) is 6.71. The van der Waals surface area contributed by atoms with Crippen LogP contribution in [0.25, 0.3) is 0 Å². The molecule has 2 amide bonds. The molecule has 0 unspecified atom stereocenters. The summed E-state index contributed by atoms with van der Waals surface area (Å²) >= 11 is 0. The summed E-state index contributed by atoms with van der Waals surface area (Å²) in [6, 6.07) is 11.0. The number of benzene rings is 2. The Morgan fingerprint density at radius 2 is 1.94 bits per heavy atom. The highest BCUT2D eigenvalue weighted by molar-refractivity contribution is 5.94. The van der Waals surface area contributed by atoms with Crippen LogP contribution < -0.4 is 10.5 Å². The summed E-state index contributed by atoms with van der Waals surface area (Å²) in [5.74, 6) is -0.315. The maximum atomic E-state index is 13.9. The third kappa shape index (κ3) is 5.20. The van der Waals surface area contributed by atoms with E-state index in [1.165, 1.54) is 17.2 Å². The van der Waals surface area contributed by atoms with Crippen LogP contribution in [0.15, 0.2) is 36.4 Å². The molecule has 178 valence electrons. The molecule has 7 nitrogen and oxygen atoms in total. The number of aryl methyl sites for hydroxylation is 1. The summed E-state index contributed by atoms with van der Waals surface area (Å²) in [6.07, 6.45) is 3.66. The maximum absolute atomic E-state index is 13.9. The predicted octanol–water partition coefficient (Wildman–Crippen LogP) is 4.20. The van der Waals surface area contributed by atoms with Crippen molar-refractivity contribution in [2.24, 2.45) is 17.6 Å². The van der Waals surface area contributed by atoms with Gasteiger partial charge in [-0.05, 0) is 80.0 Å². The summed E-state index contributed by atoms with van der Waals surface area (Å²) < 4.78 is 19.8. The van der Waals surface area contributed by atoms with Gasteiger partial charge in [-0.1, -0.05) is 6.07 Å². The van der Waals surface area contributed by atoms with E-state index in [0.29, 0.717) is 55.3 Å². The van der Waals surface area contributed by atoms with Crippen LogP contribution in [-0.4, -0.2) is 30.1 Å². The molecule has 0 spiro atoms. The van der Waals surface area contributed by atoms with Gasteiger partial charge in [0.15, 0.2) is 0 Å². The molecule has 1 saturated heterocycles. The van der Waals surface area contributed by atoms with Crippen molar-refractivity contribution in [2.45, 2.75) is 45.1 Å². The number of ether oxygens (including phenoxy) is 1. The highest BCUT2D eigenvalue weighted by Gasteiger charge is 2.37. The second-order valence-electron chi connectivity index (χ2n) is 9.06. The molecule has 1 aliphatic carbocycles. The van der Waals surface area contributed by atoms with E-state index in [-0.39, 0.29) is 17.4 Å². The molecule has 1 heterocycles. The van der Waals surface area contributed by atoms with Crippen molar-refractivity contribution in [2.75, 3.05) is 13.2 Å². The molecule has 0 bridgehead atoms. The molecule has 2 N–H and O–H groups in total. The third-order valence-corrected chi connectivity index (χ3v) is 6.71. The van der Waals surface area contributed by atoms with Crippen molar-refractivity contribution in [1.29, 1.82) is 5.26 Å². The average Bonchev–Trinajstić information content (AvgIpc) is 3.33. The van der Waals surface area contributed by atoms with Gasteiger partial charge in [-0.2, -0.15) is 5.26 Å². The lowest BCUT2D eigenvalue weighted by Crippen LogP contribution is -2.37. The Kier molecular flexibility index (Phi) is 7.13. The molecule has 2 aromatic carbocycles. The first-order valence-electron chi connectivity index (χ1n) is 11.6. The highest BCUT2D eigenvalue weighted by Crippen LogP contribution is 2.37. The first kappa shape index (κ1) is 23.7. The lowest BCUT2D eigenvalue weighted by Gasteiger charge is -2.32. The Labute approximate surface area is 198 Å². The number of primary amides is 1. The molecule has 34 heavy (non-hydrogen) atoms. The molecule has 0 radical (unpaired) electrons. The maximum Gasteiger partial charge on any atom is 0.249 e. The number of nitrogens with zero attached hydrogens (tertiary/aromatic N) is 2. The standard InChI is InChI=1S/C26H28FN3O4/c1-16-2-7-22(13-23(16)25(29)31)33-15-17-3-5-19(6-4-17)26(32)30-24(8-9-34-30)20-10-18(14-28)11-21(27)12-20/h2,7,10-13,17,19,24H,3-6,8-9,15H2,1H3,(H2,29,31)/t17?,19?,24-/m0/s1. The van der Waals surface area contributed by atoms with Crippen molar-refractivity contribution in [3.05, 3.63) is 64.5 Å². The Balaban J connectivity index is 1.33. The van der Waals surface area contributed by atoms with Gasteiger partial charge in [-0.25, -0.2) is 9.45 Å². The number of hydrogen-bond acceptors (Lipinski definition) is 5. The number of amides is 2. The summed E-state index contributed by atoms with van der Waals surface area (Å²) in [5.41, 5.74) is 7.48. The van der Waals surface area contributed by atoms with Gasteiger partial charge in [0.05, 0.1) is 30.9 Å². The number of nitriles is 1. The van der Waals surface area contributed by atoms with Crippen LogP contribution in [-0.2, 0) is 9.63 Å². The number of hydrogen-bond donors (Lipinski definition) is 1.